The highest BCUT2D eigenvalue weighted by Crippen LogP contribution is 2.34. The molecule has 1 aromatic carbocycles. The average Bonchev–Trinajstić information content (AvgIpc) is 3.47. The van der Waals surface area contributed by atoms with Gasteiger partial charge in [-0.3, -0.25) is 19.4 Å². The second kappa shape index (κ2) is 6.41. The minimum atomic E-state index is -0.286. The van der Waals surface area contributed by atoms with Crippen LogP contribution in [0.25, 0.3) is 11.0 Å². The van der Waals surface area contributed by atoms with E-state index in [2.05, 4.69) is 20.2 Å². The Bertz CT molecular complexity index is 1190. The summed E-state index contributed by atoms with van der Waals surface area (Å²) in [7, 11) is 1.86. The largest absolute Gasteiger partial charge is 0.459 e. The summed E-state index contributed by atoms with van der Waals surface area (Å²) in [6.07, 6.45) is 7.08. The SMILES string of the molecule is Cn1nccc1C1=NN(C(=O)c2ccco2)[C@@H](c2ccc3nccnc3c2)C1. The molecule has 1 aliphatic heterocycles. The van der Waals surface area contributed by atoms with Crippen molar-refractivity contribution in [3.05, 3.63) is 78.3 Å². The molecule has 0 unspecified atom stereocenters. The molecule has 4 heterocycles. The Morgan fingerprint density at radius 1 is 1.11 bits per heavy atom. The van der Waals surface area contributed by atoms with Gasteiger partial charge in [0.1, 0.15) is 0 Å². The number of hydrogen-bond acceptors (Lipinski definition) is 6. The summed E-state index contributed by atoms with van der Waals surface area (Å²) in [4.78, 5) is 21.7. The van der Waals surface area contributed by atoms with Gasteiger partial charge in [0.05, 0.1) is 34.7 Å². The van der Waals surface area contributed by atoms with Gasteiger partial charge >= 0.3 is 5.91 Å². The van der Waals surface area contributed by atoms with E-state index in [9.17, 15) is 4.79 Å². The molecule has 3 aromatic heterocycles. The number of carbonyl (C=O) groups is 1. The van der Waals surface area contributed by atoms with Gasteiger partial charge in [0.15, 0.2) is 5.76 Å². The van der Waals surface area contributed by atoms with Crippen LogP contribution in [0.4, 0.5) is 0 Å². The van der Waals surface area contributed by atoms with E-state index in [1.165, 1.54) is 11.3 Å². The second-order valence-corrected chi connectivity index (χ2v) is 6.54. The molecular formula is C20H16N6O2. The van der Waals surface area contributed by atoms with Crippen LogP contribution in [-0.2, 0) is 7.05 Å². The fourth-order valence-corrected chi connectivity index (χ4v) is 3.47. The van der Waals surface area contributed by atoms with Crippen LogP contribution in [0.5, 0.6) is 0 Å². The molecule has 0 saturated carbocycles. The highest BCUT2D eigenvalue weighted by atomic mass is 16.3. The van der Waals surface area contributed by atoms with E-state index in [-0.39, 0.29) is 17.7 Å². The van der Waals surface area contributed by atoms with E-state index in [4.69, 9.17) is 4.42 Å². The summed E-state index contributed by atoms with van der Waals surface area (Å²) >= 11 is 0. The third kappa shape index (κ3) is 2.66. The predicted molar refractivity (Wildman–Crippen MR) is 102 cm³/mol. The van der Waals surface area contributed by atoms with Gasteiger partial charge in [-0.1, -0.05) is 6.07 Å². The Balaban J connectivity index is 1.58. The zero-order valence-corrected chi connectivity index (χ0v) is 15.1. The number of carbonyl (C=O) groups excluding carboxylic acids is 1. The Morgan fingerprint density at radius 2 is 1.96 bits per heavy atom. The molecule has 0 saturated heterocycles. The lowest BCUT2D eigenvalue weighted by atomic mass is 10.00. The van der Waals surface area contributed by atoms with Gasteiger partial charge in [0.2, 0.25) is 0 Å². The van der Waals surface area contributed by atoms with Crippen LogP contribution in [0.3, 0.4) is 0 Å². The van der Waals surface area contributed by atoms with E-state index < -0.39 is 0 Å². The number of aryl methyl sites for hydroxylation is 1. The summed E-state index contributed by atoms with van der Waals surface area (Å²) < 4.78 is 7.06. The molecule has 1 aliphatic rings. The van der Waals surface area contributed by atoms with Crippen molar-refractivity contribution < 1.29 is 9.21 Å². The Morgan fingerprint density at radius 3 is 2.71 bits per heavy atom. The zero-order chi connectivity index (χ0) is 19.1. The highest BCUT2D eigenvalue weighted by Gasteiger charge is 2.35. The van der Waals surface area contributed by atoms with Crippen molar-refractivity contribution in [2.24, 2.45) is 12.1 Å². The van der Waals surface area contributed by atoms with Crippen LogP contribution in [-0.4, -0.2) is 36.4 Å². The molecule has 0 radical (unpaired) electrons. The van der Waals surface area contributed by atoms with Gasteiger partial charge < -0.3 is 4.42 Å². The molecule has 0 aliphatic carbocycles. The Labute approximate surface area is 160 Å². The van der Waals surface area contributed by atoms with Crippen molar-refractivity contribution in [2.75, 3.05) is 0 Å². The van der Waals surface area contributed by atoms with Gasteiger partial charge in [-0.15, -0.1) is 0 Å². The van der Waals surface area contributed by atoms with Gasteiger partial charge in [-0.05, 0) is 35.9 Å². The molecule has 8 nitrogen and oxygen atoms in total. The van der Waals surface area contributed by atoms with Crippen molar-refractivity contribution >= 4 is 22.7 Å². The normalized spacial score (nSPS) is 16.5. The first kappa shape index (κ1) is 16.4. The number of furan rings is 1. The van der Waals surface area contributed by atoms with Crippen molar-refractivity contribution in [1.82, 2.24) is 24.8 Å². The van der Waals surface area contributed by atoms with Crippen LogP contribution in [0.15, 0.2) is 70.8 Å². The smallest absolute Gasteiger partial charge is 0.310 e. The number of nitrogens with zero attached hydrogens (tertiary/aromatic N) is 6. The monoisotopic (exact) mass is 372 g/mol. The maximum Gasteiger partial charge on any atom is 0.310 e. The molecule has 5 rings (SSSR count). The lowest BCUT2D eigenvalue weighted by Crippen LogP contribution is -2.26. The minimum absolute atomic E-state index is 0.251. The molecule has 1 atom stereocenters. The van der Waals surface area contributed by atoms with Crippen LogP contribution < -0.4 is 0 Å². The molecule has 0 bridgehead atoms. The molecule has 0 fully saturated rings. The Kier molecular flexibility index (Phi) is 3.75. The highest BCUT2D eigenvalue weighted by molar-refractivity contribution is 6.03. The van der Waals surface area contributed by atoms with E-state index in [1.54, 1.807) is 35.4 Å². The van der Waals surface area contributed by atoms with E-state index in [1.807, 2.05) is 31.3 Å². The van der Waals surface area contributed by atoms with Gasteiger partial charge in [0.25, 0.3) is 0 Å². The Hall–Kier alpha value is -3.81. The second-order valence-electron chi connectivity index (χ2n) is 6.54. The number of rotatable bonds is 3. The van der Waals surface area contributed by atoms with Crippen molar-refractivity contribution in [3.8, 4) is 0 Å². The number of benzene rings is 1. The van der Waals surface area contributed by atoms with Crippen LogP contribution in [0.2, 0.25) is 0 Å². The van der Waals surface area contributed by atoms with Crippen molar-refractivity contribution in [2.45, 2.75) is 12.5 Å². The molecule has 138 valence electrons. The first-order valence-corrected chi connectivity index (χ1v) is 8.84. The summed E-state index contributed by atoms with van der Waals surface area (Å²) in [5.74, 6) is -0.0352. The van der Waals surface area contributed by atoms with Crippen molar-refractivity contribution in [1.29, 1.82) is 0 Å². The third-order valence-electron chi connectivity index (χ3n) is 4.85. The number of hydrogen-bond donors (Lipinski definition) is 0. The van der Waals surface area contributed by atoms with Gasteiger partial charge in [-0.25, -0.2) is 5.01 Å². The molecule has 0 N–H and O–H groups in total. The lowest BCUT2D eigenvalue weighted by Gasteiger charge is -2.21. The van der Waals surface area contributed by atoms with Crippen LogP contribution >= 0.6 is 0 Å². The molecule has 0 spiro atoms. The molecule has 1 amide bonds. The number of hydrazone groups is 1. The first-order chi connectivity index (χ1) is 13.7. The maximum absolute atomic E-state index is 13.0. The quantitative estimate of drug-likeness (QED) is 0.552. The standard InChI is InChI=1S/C20H16N6O2/c1-25-17(6-7-23-25)16-12-18(26(24-16)20(27)19-3-2-10-28-19)13-4-5-14-15(11-13)22-9-8-21-14/h2-11,18H,12H2,1H3/t18-/m1/s1. The fraction of sp³-hybridized carbons (Fsp3) is 0.150. The van der Waals surface area contributed by atoms with E-state index >= 15 is 0 Å². The first-order valence-electron chi connectivity index (χ1n) is 8.84. The summed E-state index contributed by atoms with van der Waals surface area (Å²) in [5, 5.41) is 10.3. The lowest BCUT2D eigenvalue weighted by molar-refractivity contribution is 0.0678. The number of amides is 1. The van der Waals surface area contributed by atoms with E-state index in [0.29, 0.717) is 6.42 Å². The van der Waals surface area contributed by atoms with Crippen molar-refractivity contribution in [3.63, 3.8) is 0 Å². The molecule has 8 heteroatoms. The summed E-state index contributed by atoms with van der Waals surface area (Å²) in [6, 6.07) is 10.8. The van der Waals surface area contributed by atoms with E-state index in [0.717, 1.165) is 28.0 Å². The molecule has 4 aromatic rings. The minimum Gasteiger partial charge on any atom is -0.459 e. The number of fused-ring (bicyclic) bond motifs is 1. The summed E-state index contributed by atoms with van der Waals surface area (Å²) in [5.41, 5.74) is 4.19. The number of aromatic nitrogens is 4. The van der Waals surface area contributed by atoms with Crippen LogP contribution in [0.1, 0.15) is 34.3 Å². The van der Waals surface area contributed by atoms with Gasteiger partial charge in [0, 0.05) is 32.1 Å². The third-order valence-corrected chi connectivity index (χ3v) is 4.85. The maximum atomic E-state index is 13.0. The molecule has 28 heavy (non-hydrogen) atoms. The summed E-state index contributed by atoms with van der Waals surface area (Å²) in [6.45, 7) is 0. The van der Waals surface area contributed by atoms with Crippen LogP contribution in [0, 0.1) is 0 Å². The van der Waals surface area contributed by atoms with Gasteiger partial charge in [-0.2, -0.15) is 10.2 Å². The average molecular weight is 372 g/mol. The zero-order valence-electron chi connectivity index (χ0n) is 15.1. The predicted octanol–water partition coefficient (Wildman–Crippen LogP) is 2.95. The topological polar surface area (TPSA) is 89.4 Å². The molecular weight excluding hydrogens is 356 g/mol. The fourth-order valence-electron chi connectivity index (χ4n) is 3.47.